The van der Waals surface area contributed by atoms with Crippen molar-refractivity contribution in [1.29, 1.82) is 0 Å². The number of halogens is 1. The fourth-order valence-electron chi connectivity index (χ4n) is 1.74. The van der Waals surface area contributed by atoms with Crippen molar-refractivity contribution < 1.29 is 4.74 Å². The van der Waals surface area contributed by atoms with E-state index in [1.807, 2.05) is 18.2 Å². The highest BCUT2D eigenvalue weighted by atomic mass is 35.5. The molecule has 0 unspecified atom stereocenters. The van der Waals surface area contributed by atoms with Crippen molar-refractivity contribution in [1.82, 2.24) is 5.32 Å². The van der Waals surface area contributed by atoms with Gasteiger partial charge in [0.2, 0.25) is 0 Å². The van der Waals surface area contributed by atoms with Crippen molar-refractivity contribution in [3.63, 3.8) is 0 Å². The molecule has 1 aromatic rings. The standard InChI is InChI=1S/C13H20ClNO/c1-5-15-9-13(2,3)11-8-10(14)6-7-12(11)16-4/h6-8,15H,5,9H2,1-4H3. The minimum atomic E-state index is 0.00620. The summed E-state index contributed by atoms with van der Waals surface area (Å²) in [6.07, 6.45) is 0. The molecule has 0 atom stereocenters. The molecule has 0 aliphatic heterocycles. The first kappa shape index (κ1) is 13.3. The molecule has 0 aliphatic carbocycles. The molecule has 0 bridgehead atoms. The molecular weight excluding hydrogens is 222 g/mol. The normalized spacial score (nSPS) is 11.6. The number of hydrogen-bond acceptors (Lipinski definition) is 2. The van der Waals surface area contributed by atoms with E-state index in [2.05, 4.69) is 26.1 Å². The van der Waals surface area contributed by atoms with Crippen LogP contribution in [0.5, 0.6) is 5.75 Å². The van der Waals surface area contributed by atoms with Crippen molar-refractivity contribution in [2.24, 2.45) is 0 Å². The van der Waals surface area contributed by atoms with Crippen molar-refractivity contribution >= 4 is 11.6 Å². The third-order valence-corrected chi connectivity index (χ3v) is 2.94. The Labute approximate surface area is 103 Å². The second kappa shape index (κ2) is 5.55. The average molecular weight is 242 g/mol. The van der Waals surface area contributed by atoms with Gasteiger partial charge in [-0.15, -0.1) is 0 Å². The fourth-order valence-corrected chi connectivity index (χ4v) is 1.91. The Hall–Kier alpha value is -0.730. The van der Waals surface area contributed by atoms with Crippen LogP contribution in [0.2, 0.25) is 5.02 Å². The quantitative estimate of drug-likeness (QED) is 0.855. The summed E-state index contributed by atoms with van der Waals surface area (Å²) in [5.41, 5.74) is 1.15. The number of hydrogen-bond donors (Lipinski definition) is 1. The number of nitrogens with one attached hydrogen (secondary N) is 1. The topological polar surface area (TPSA) is 21.3 Å². The van der Waals surface area contributed by atoms with Crippen LogP contribution in [0.3, 0.4) is 0 Å². The zero-order valence-corrected chi connectivity index (χ0v) is 11.2. The second-order valence-corrected chi connectivity index (χ2v) is 4.95. The van der Waals surface area contributed by atoms with E-state index in [0.29, 0.717) is 0 Å². The predicted octanol–water partition coefficient (Wildman–Crippen LogP) is 3.24. The number of rotatable bonds is 5. The van der Waals surface area contributed by atoms with Crippen LogP contribution in [0.15, 0.2) is 18.2 Å². The zero-order chi connectivity index (χ0) is 12.2. The summed E-state index contributed by atoms with van der Waals surface area (Å²) in [6.45, 7) is 8.34. The first-order chi connectivity index (χ1) is 7.51. The van der Waals surface area contributed by atoms with Crippen molar-refractivity contribution in [2.45, 2.75) is 26.2 Å². The molecule has 3 heteroatoms. The van der Waals surface area contributed by atoms with Gasteiger partial charge in [0.05, 0.1) is 7.11 Å². The molecule has 0 saturated carbocycles. The molecule has 1 rings (SSSR count). The molecule has 0 spiro atoms. The smallest absolute Gasteiger partial charge is 0.122 e. The second-order valence-electron chi connectivity index (χ2n) is 4.51. The van der Waals surface area contributed by atoms with Crippen molar-refractivity contribution in [2.75, 3.05) is 20.2 Å². The molecule has 1 N–H and O–H groups in total. The molecule has 0 aromatic heterocycles. The van der Waals surface area contributed by atoms with Crippen LogP contribution in [0.4, 0.5) is 0 Å². The van der Waals surface area contributed by atoms with Crippen molar-refractivity contribution in [3.8, 4) is 5.75 Å². The SMILES string of the molecule is CCNCC(C)(C)c1cc(Cl)ccc1OC. The van der Waals surface area contributed by atoms with E-state index in [0.717, 1.165) is 29.4 Å². The Balaban J connectivity index is 3.04. The highest BCUT2D eigenvalue weighted by Crippen LogP contribution is 2.33. The summed E-state index contributed by atoms with van der Waals surface area (Å²) in [7, 11) is 1.69. The molecular formula is C13H20ClNO. The monoisotopic (exact) mass is 241 g/mol. The van der Waals surface area contributed by atoms with Gasteiger partial charge in [-0.05, 0) is 24.7 Å². The number of ether oxygens (including phenoxy) is 1. The van der Waals surface area contributed by atoms with Crippen LogP contribution in [0, 0.1) is 0 Å². The lowest BCUT2D eigenvalue weighted by Gasteiger charge is -2.27. The zero-order valence-electron chi connectivity index (χ0n) is 10.4. The Morgan fingerprint density at radius 3 is 2.62 bits per heavy atom. The highest BCUT2D eigenvalue weighted by molar-refractivity contribution is 6.30. The van der Waals surface area contributed by atoms with E-state index < -0.39 is 0 Å². The first-order valence-electron chi connectivity index (χ1n) is 5.56. The van der Waals surface area contributed by atoms with E-state index in [4.69, 9.17) is 16.3 Å². The van der Waals surface area contributed by atoms with Gasteiger partial charge >= 0.3 is 0 Å². The summed E-state index contributed by atoms with van der Waals surface area (Å²) >= 11 is 6.04. The molecule has 1 aromatic carbocycles. The van der Waals surface area contributed by atoms with Gasteiger partial charge in [0.25, 0.3) is 0 Å². The minimum absolute atomic E-state index is 0.00620. The van der Waals surface area contributed by atoms with Crippen LogP contribution in [0.25, 0.3) is 0 Å². The van der Waals surface area contributed by atoms with Gasteiger partial charge in [-0.3, -0.25) is 0 Å². The molecule has 16 heavy (non-hydrogen) atoms. The third-order valence-electron chi connectivity index (χ3n) is 2.71. The summed E-state index contributed by atoms with van der Waals surface area (Å²) in [4.78, 5) is 0. The lowest BCUT2D eigenvalue weighted by Crippen LogP contribution is -2.33. The largest absolute Gasteiger partial charge is 0.496 e. The summed E-state index contributed by atoms with van der Waals surface area (Å²) in [5, 5.41) is 4.11. The van der Waals surface area contributed by atoms with E-state index >= 15 is 0 Å². The van der Waals surface area contributed by atoms with Crippen LogP contribution >= 0.6 is 11.6 Å². The maximum Gasteiger partial charge on any atom is 0.122 e. The Morgan fingerprint density at radius 2 is 2.06 bits per heavy atom. The van der Waals surface area contributed by atoms with Gasteiger partial charge in [0.15, 0.2) is 0 Å². The minimum Gasteiger partial charge on any atom is -0.496 e. The molecule has 0 saturated heterocycles. The maximum absolute atomic E-state index is 6.04. The van der Waals surface area contributed by atoms with Gasteiger partial charge < -0.3 is 10.1 Å². The van der Waals surface area contributed by atoms with E-state index in [9.17, 15) is 0 Å². The van der Waals surface area contributed by atoms with Gasteiger partial charge in [-0.2, -0.15) is 0 Å². The summed E-state index contributed by atoms with van der Waals surface area (Å²) < 4.78 is 5.38. The van der Waals surface area contributed by atoms with Gasteiger partial charge in [-0.1, -0.05) is 32.4 Å². The number of methoxy groups -OCH3 is 1. The fraction of sp³-hybridized carbons (Fsp3) is 0.538. The van der Waals surface area contributed by atoms with Crippen LogP contribution in [-0.2, 0) is 5.41 Å². The molecule has 0 amide bonds. The molecule has 90 valence electrons. The maximum atomic E-state index is 6.04. The van der Waals surface area contributed by atoms with Gasteiger partial charge in [0.1, 0.15) is 5.75 Å². The molecule has 2 nitrogen and oxygen atoms in total. The lowest BCUT2D eigenvalue weighted by atomic mass is 9.84. The lowest BCUT2D eigenvalue weighted by molar-refractivity contribution is 0.387. The van der Waals surface area contributed by atoms with Crippen LogP contribution in [-0.4, -0.2) is 20.2 Å². The molecule has 0 radical (unpaired) electrons. The Morgan fingerprint density at radius 1 is 1.38 bits per heavy atom. The van der Waals surface area contributed by atoms with E-state index in [1.54, 1.807) is 7.11 Å². The number of benzene rings is 1. The molecule has 0 heterocycles. The Kier molecular flexibility index (Phi) is 4.63. The summed E-state index contributed by atoms with van der Waals surface area (Å²) in [5.74, 6) is 0.896. The van der Waals surface area contributed by atoms with Crippen molar-refractivity contribution in [3.05, 3.63) is 28.8 Å². The van der Waals surface area contributed by atoms with E-state index in [-0.39, 0.29) is 5.41 Å². The first-order valence-corrected chi connectivity index (χ1v) is 5.94. The average Bonchev–Trinajstić information content (AvgIpc) is 2.26. The van der Waals surface area contributed by atoms with Gasteiger partial charge in [0, 0.05) is 22.5 Å². The van der Waals surface area contributed by atoms with Gasteiger partial charge in [-0.25, -0.2) is 0 Å². The predicted molar refractivity (Wildman–Crippen MR) is 69.6 cm³/mol. The third kappa shape index (κ3) is 3.13. The van der Waals surface area contributed by atoms with Crippen LogP contribution < -0.4 is 10.1 Å². The summed E-state index contributed by atoms with van der Waals surface area (Å²) in [6, 6.07) is 5.76. The highest BCUT2D eigenvalue weighted by Gasteiger charge is 2.24. The number of likely N-dealkylation sites (N-methyl/N-ethyl adjacent to an activating group) is 1. The molecule has 0 fully saturated rings. The van der Waals surface area contributed by atoms with E-state index in [1.165, 1.54) is 0 Å². The van der Waals surface area contributed by atoms with Crippen LogP contribution in [0.1, 0.15) is 26.3 Å². The Bertz CT molecular complexity index is 350. The molecule has 0 aliphatic rings.